The van der Waals surface area contributed by atoms with E-state index < -0.39 is 0 Å². The smallest absolute Gasteiger partial charge is 0.218 e. The molecule has 0 atom stereocenters. The monoisotopic (exact) mass is 354 g/mol. The van der Waals surface area contributed by atoms with E-state index in [0.717, 1.165) is 5.56 Å². The molecular weight excluding hydrogens is 340 g/mol. The van der Waals surface area contributed by atoms with Crippen LogP contribution in [0.2, 0.25) is 5.02 Å². The number of benzene rings is 1. The van der Waals surface area contributed by atoms with Crippen LogP contribution < -0.4 is 9.47 Å². The van der Waals surface area contributed by atoms with Gasteiger partial charge in [-0.2, -0.15) is 15.0 Å². The van der Waals surface area contributed by atoms with Gasteiger partial charge in [-0.05, 0) is 25.1 Å². The molecule has 0 aliphatic carbocycles. The lowest BCUT2D eigenvalue weighted by atomic mass is 10.2. The van der Waals surface area contributed by atoms with Gasteiger partial charge < -0.3 is 9.47 Å². The third kappa shape index (κ3) is 3.90. The van der Waals surface area contributed by atoms with E-state index in [0.29, 0.717) is 34.6 Å². The van der Waals surface area contributed by atoms with E-state index in [9.17, 15) is 0 Å². The number of aromatic nitrogens is 3. The van der Waals surface area contributed by atoms with Gasteiger partial charge in [-0.25, -0.2) is 4.98 Å². The first-order valence-corrected chi connectivity index (χ1v) is 8.03. The standard InChI is InChI=1S/C18H15ClN4O2/c1-2-24-16-10-15(19)4-3-14(16)12-25-18-6-8-22-23(18)17-9-13(11-20)5-7-21-17/h3-10H,2,12H2,1H3. The van der Waals surface area contributed by atoms with Crippen molar-refractivity contribution in [1.29, 1.82) is 5.26 Å². The van der Waals surface area contributed by atoms with Gasteiger partial charge in [0.05, 0.1) is 24.4 Å². The summed E-state index contributed by atoms with van der Waals surface area (Å²) in [4.78, 5) is 4.23. The van der Waals surface area contributed by atoms with Crippen LogP contribution in [0, 0.1) is 11.3 Å². The fraction of sp³-hybridized carbons (Fsp3) is 0.167. The number of halogens is 1. The van der Waals surface area contributed by atoms with E-state index in [4.69, 9.17) is 26.3 Å². The summed E-state index contributed by atoms with van der Waals surface area (Å²) in [6, 6.07) is 12.5. The minimum atomic E-state index is 0.288. The van der Waals surface area contributed by atoms with Gasteiger partial charge in [0.15, 0.2) is 5.82 Å². The molecule has 0 spiro atoms. The first-order chi connectivity index (χ1) is 12.2. The predicted molar refractivity (Wildman–Crippen MR) is 93.0 cm³/mol. The first-order valence-electron chi connectivity index (χ1n) is 7.66. The summed E-state index contributed by atoms with van der Waals surface area (Å²) in [5.74, 6) is 1.71. The largest absolute Gasteiger partial charge is 0.493 e. The van der Waals surface area contributed by atoms with Gasteiger partial charge in [0.1, 0.15) is 12.4 Å². The molecule has 2 aromatic heterocycles. The molecule has 1 aromatic carbocycles. The van der Waals surface area contributed by atoms with Crippen LogP contribution >= 0.6 is 11.6 Å². The van der Waals surface area contributed by atoms with Crippen LogP contribution in [-0.4, -0.2) is 21.4 Å². The maximum absolute atomic E-state index is 9.02. The highest BCUT2D eigenvalue weighted by molar-refractivity contribution is 6.30. The zero-order valence-electron chi connectivity index (χ0n) is 13.5. The van der Waals surface area contributed by atoms with E-state index >= 15 is 0 Å². The quantitative estimate of drug-likeness (QED) is 0.673. The van der Waals surface area contributed by atoms with Gasteiger partial charge in [-0.15, -0.1) is 0 Å². The van der Waals surface area contributed by atoms with Crippen molar-refractivity contribution >= 4 is 11.6 Å². The van der Waals surface area contributed by atoms with Crippen molar-refractivity contribution in [3.63, 3.8) is 0 Å². The fourth-order valence-electron chi connectivity index (χ4n) is 2.27. The summed E-state index contributed by atoms with van der Waals surface area (Å²) in [6.45, 7) is 2.74. The van der Waals surface area contributed by atoms with Crippen LogP contribution in [0.1, 0.15) is 18.1 Å². The molecule has 0 radical (unpaired) electrons. The molecule has 0 N–H and O–H groups in total. The molecule has 0 fully saturated rings. The molecule has 3 aromatic rings. The van der Waals surface area contributed by atoms with Crippen LogP contribution in [0.15, 0.2) is 48.8 Å². The van der Waals surface area contributed by atoms with Gasteiger partial charge in [0.25, 0.3) is 0 Å². The van der Waals surface area contributed by atoms with Crippen molar-refractivity contribution in [3.05, 3.63) is 64.9 Å². The number of hydrogen-bond acceptors (Lipinski definition) is 5. The lowest BCUT2D eigenvalue weighted by molar-refractivity contribution is 0.270. The van der Waals surface area contributed by atoms with Gasteiger partial charge in [0, 0.05) is 28.9 Å². The Balaban J connectivity index is 1.82. The van der Waals surface area contributed by atoms with E-state index in [-0.39, 0.29) is 6.61 Å². The second-order valence-corrected chi connectivity index (χ2v) is 5.51. The first kappa shape index (κ1) is 16.8. The predicted octanol–water partition coefficient (Wildman–Crippen LogP) is 3.77. The van der Waals surface area contributed by atoms with Crippen LogP contribution in [0.5, 0.6) is 11.6 Å². The van der Waals surface area contributed by atoms with Crippen LogP contribution in [0.4, 0.5) is 0 Å². The Morgan fingerprint density at radius 1 is 1.16 bits per heavy atom. The Morgan fingerprint density at radius 3 is 2.84 bits per heavy atom. The van der Waals surface area contributed by atoms with E-state index in [1.807, 2.05) is 13.0 Å². The third-order valence-corrected chi connectivity index (χ3v) is 3.64. The van der Waals surface area contributed by atoms with Gasteiger partial charge >= 0.3 is 0 Å². The molecule has 0 amide bonds. The summed E-state index contributed by atoms with van der Waals surface area (Å²) < 4.78 is 13.0. The molecule has 0 unspecified atom stereocenters. The van der Waals surface area contributed by atoms with Crippen LogP contribution in [0.3, 0.4) is 0 Å². The average Bonchev–Trinajstić information content (AvgIpc) is 3.10. The van der Waals surface area contributed by atoms with E-state index in [2.05, 4.69) is 16.2 Å². The Morgan fingerprint density at radius 2 is 2.04 bits per heavy atom. The highest BCUT2D eigenvalue weighted by Crippen LogP contribution is 2.25. The second kappa shape index (κ2) is 7.69. The number of nitrogens with zero attached hydrogens (tertiary/aromatic N) is 4. The molecule has 126 valence electrons. The molecule has 0 saturated carbocycles. The molecule has 0 aliphatic rings. The van der Waals surface area contributed by atoms with Crippen molar-refractivity contribution in [1.82, 2.24) is 14.8 Å². The van der Waals surface area contributed by atoms with E-state index in [1.165, 1.54) is 4.68 Å². The van der Waals surface area contributed by atoms with E-state index in [1.54, 1.807) is 42.7 Å². The number of hydrogen-bond donors (Lipinski definition) is 0. The van der Waals surface area contributed by atoms with Gasteiger partial charge in [-0.3, -0.25) is 0 Å². The van der Waals surface area contributed by atoms with Crippen molar-refractivity contribution < 1.29 is 9.47 Å². The highest BCUT2D eigenvalue weighted by Gasteiger charge is 2.11. The van der Waals surface area contributed by atoms with Crippen LogP contribution in [0.25, 0.3) is 5.82 Å². The molecule has 6 nitrogen and oxygen atoms in total. The Hall–Kier alpha value is -3.04. The summed E-state index contributed by atoms with van der Waals surface area (Å²) in [7, 11) is 0. The SMILES string of the molecule is CCOc1cc(Cl)ccc1COc1ccnn1-c1cc(C#N)ccn1. The topological polar surface area (TPSA) is 73.0 Å². The molecule has 25 heavy (non-hydrogen) atoms. The van der Waals surface area contributed by atoms with Crippen molar-refractivity contribution in [3.8, 4) is 23.5 Å². The highest BCUT2D eigenvalue weighted by atomic mass is 35.5. The second-order valence-electron chi connectivity index (χ2n) is 5.07. The lowest BCUT2D eigenvalue weighted by Crippen LogP contribution is -2.06. The maximum Gasteiger partial charge on any atom is 0.218 e. The third-order valence-electron chi connectivity index (χ3n) is 3.40. The van der Waals surface area contributed by atoms with Crippen LogP contribution in [-0.2, 0) is 6.61 Å². The molecule has 0 bridgehead atoms. The minimum absolute atomic E-state index is 0.288. The maximum atomic E-state index is 9.02. The van der Waals surface area contributed by atoms with Crippen molar-refractivity contribution in [2.24, 2.45) is 0 Å². The van der Waals surface area contributed by atoms with Crippen molar-refractivity contribution in [2.75, 3.05) is 6.61 Å². The molecule has 7 heteroatoms. The fourth-order valence-corrected chi connectivity index (χ4v) is 2.43. The minimum Gasteiger partial charge on any atom is -0.493 e. The number of rotatable bonds is 6. The summed E-state index contributed by atoms with van der Waals surface area (Å²) >= 11 is 6.02. The van der Waals surface area contributed by atoms with Gasteiger partial charge in [-0.1, -0.05) is 17.7 Å². The summed E-state index contributed by atoms with van der Waals surface area (Å²) in [6.07, 6.45) is 3.17. The molecule has 0 aliphatic heterocycles. The average molecular weight is 355 g/mol. The number of nitriles is 1. The normalized spacial score (nSPS) is 10.3. The Bertz CT molecular complexity index is 917. The lowest BCUT2D eigenvalue weighted by Gasteiger charge is -2.12. The summed E-state index contributed by atoms with van der Waals surface area (Å²) in [5, 5.41) is 13.8. The molecule has 2 heterocycles. The van der Waals surface area contributed by atoms with Gasteiger partial charge in [0.2, 0.25) is 5.88 Å². The molecular formula is C18H15ClN4O2. The number of ether oxygens (including phenoxy) is 2. The zero-order chi connectivity index (χ0) is 17.6. The zero-order valence-corrected chi connectivity index (χ0v) is 14.3. The Kier molecular flexibility index (Phi) is 5.17. The molecule has 0 saturated heterocycles. The number of pyridine rings is 1. The Labute approximate surface area is 150 Å². The molecule has 3 rings (SSSR count). The van der Waals surface area contributed by atoms with Crippen molar-refractivity contribution in [2.45, 2.75) is 13.5 Å². The summed E-state index contributed by atoms with van der Waals surface area (Å²) in [5.41, 5.74) is 1.38.